The number of aromatic nitrogens is 2. The van der Waals surface area contributed by atoms with E-state index >= 15 is 0 Å². The normalized spacial score (nSPS) is 24.1. The quantitative estimate of drug-likeness (QED) is 0.831. The summed E-state index contributed by atoms with van der Waals surface area (Å²) in [7, 11) is 1.96. The van der Waals surface area contributed by atoms with Crippen LogP contribution in [0.4, 0.5) is 4.79 Å². The Balaban J connectivity index is 1.89. The molecule has 0 saturated heterocycles. The minimum atomic E-state index is -0.495. The van der Waals surface area contributed by atoms with Crippen molar-refractivity contribution in [2.75, 3.05) is 6.61 Å². The third kappa shape index (κ3) is 4.94. The second-order valence-electron chi connectivity index (χ2n) is 6.88. The van der Waals surface area contributed by atoms with Gasteiger partial charge in [-0.2, -0.15) is 0 Å². The first kappa shape index (κ1) is 17.7. The zero-order valence-corrected chi connectivity index (χ0v) is 14.6. The van der Waals surface area contributed by atoms with Gasteiger partial charge in [0.05, 0.1) is 30.2 Å². The van der Waals surface area contributed by atoms with Crippen LogP contribution in [0.1, 0.15) is 39.8 Å². The molecule has 0 bridgehead atoms. The third-order valence-corrected chi connectivity index (χ3v) is 3.84. The number of imidazole rings is 1. The molecule has 130 valence electrons. The van der Waals surface area contributed by atoms with Crippen molar-refractivity contribution >= 4 is 6.09 Å². The van der Waals surface area contributed by atoms with E-state index in [0.29, 0.717) is 13.2 Å². The van der Waals surface area contributed by atoms with Gasteiger partial charge in [-0.15, -0.1) is 0 Å². The first-order valence-electron chi connectivity index (χ1n) is 8.10. The maximum atomic E-state index is 11.9. The summed E-state index contributed by atoms with van der Waals surface area (Å²) in [5.41, 5.74) is 0.591. The molecule has 1 aromatic heterocycles. The number of nitrogens with one attached hydrogen (secondary N) is 2. The predicted octanol–water partition coefficient (Wildman–Crippen LogP) is 1.58. The summed E-state index contributed by atoms with van der Waals surface area (Å²) in [5, 5.41) is 6.39. The number of aryl methyl sites for hydroxylation is 1. The Kier molecular flexibility index (Phi) is 5.64. The van der Waals surface area contributed by atoms with Crippen molar-refractivity contribution in [3.8, 4) is 0 Å². The lowest BCUT2D eigenvalue weighted by Crippen LogP contribution is -2.66. The number of amides is 1. The monoisotopic (exact) mass is 324 g/mol. The van der Waals surface area contributed by atoms with Crippen molar-refractivity contribution in [2.24, 2.45) is 7.05 Å². The topological polar surface area (TPSA) is 77.4 Å². The van der Waals surface area contributed by atoms with Crippen LogP contribution >= 0.6 is 0 Å². The molecule has 1 heterocycles. The summed E-state index contributed by atoms with van der Waals surface area (Å²) in [6.45, 7) is 8.88. The van der Waals surface area contributed by atoms with Crippen molar-refractivity contribution in [3.05, 3.63) is 18.2 Å². The van der Waals surface area contributed by atoms with Gasteiger partial charge in [0.1, 0.15) is 5.60 Å². The Morgan fingerprint density at radius 3 is 2.78 bits per heavy atom. The molecule has 3 atom stereocenters. The van der Waals surface area contributed by atoms with Crippen molar-refractivity contribution < 1.29 is 14.3 Å². The SMILES string of the molecule is CCOC1CC(NC(=O)OC(C)(C)C)C1NCc1cncn1C. The molecule has 1 aromatic rings. The Morgan fingerprint density at radius 1 is 1.48 bits per heavy atom. The highest BCUT2D eigenvalue weighted by atomic mass is 16.6. The van der Waals surface area contributed by atoms with Crippen molar-refractivity contribution in [3.63, 3.8) is 0 Å². The molecule has 7 heteroatoms. The van der Waals surface area contributed by atoms with Crippen molar-refractivity contribution in [2.45, 2.75) is 64.4 Å². The maximum absolute atomic E-state index is 11.9. The Hall–Kier alpha value is -1.60. The van der Waals surface area contributed by atoms with Crippen LogP contribution in [0.2, 0.25) is 0 Å². The summed E-state index contributed by atoms with van der Waals surface area (Å²) in [6, 6.07) is 0.0759. The summed E-state index contributed by atoms with van der Waals surface area (Å²) >= 11 is 0. The smallest absolute Gasteiger partial charge is 0.407 e. The Bertz CT molecular complexity index is 524. The summed E-state index contributed by atoms with van der Waals surface area (Å²) in [6.07, 6.45) is 4.11. The van der Waals surface area contributed by atoms with Crippen LogP contribution in [0, 0.1) is 0 Å². The second kappa shape index (κ2) is 7.31. The van der Waals surface area contributed by atoms with Gasteiger partial charge in [-0.25, -0.2) is 9.78 Å². The van der Waals surface area contributed by atoms with Gasteiger partial charge in [-0.3, -0.25) is 0 Å². The fraction of sp³-hybridized carbons (Fsp3) is 0.750. The van der Waals surface area contributed by atoms with E-state index in [9.17, 15) is 4.79 Å². The highest BCUT2D eigenvalue weighted by Gasteiger charge is 2.43. The van der Waals surface area contributed by atoms with Gasteiger partial charge in [0.2, 0.25) is 0 Å². The molecule has 1 aliphatic carbocycles. The molecule has 0 aromatic carbocycles. The van der Waals surface area contributed by atoms with Gasteiger partial charge in [0.25, 0.3) is 0 Å². The molecule has 1 aliphatic rings. The van der Waals surface area contributed by atoms with Gasteiger partial charge in [0, 0.05) is 26.4 Å². The molecule has 0 radical (unpaired) electrons. The Labute approximate surface area is 137 Å². The number of rotatable bonds is 6. The number of ether oxygens (including phenoxy) is 2. The fourth-order valence-electron chi connectivity index (χ4n) is 2.65. The van der Waals surface area contributed by atoms with Gasteiger partial charge in [-0.1, -0.05) is 0 Å². The van der Waals surface area contributed by atoms with E-state index in [-0.39, 0.29) is 24.3 Å². The average molecular weight is 324 g/mol. The van der Waals surface area contributed by atoms with E-state index in [2.05, 4.69) is 15.6 Å². The van der Waals surface area contributed by atoms with Gasteiger partial charge < -0.3 is 24.7 Å². The van der Waals surface area contributed by atoms with Crippen LogP contribution < -0.4 is 10.6 Å². The van der Waals surface area contributed by atoms with E-state index in [1.807, 2.05) is 45.5 Å². The first-order chi connectivity index (χ1) is 10.8. The van der Waals surface area contributed by atoms with Crippen LogP contribution in [0.5, 0.6) is 0 Å². The molecule has 1 saturated carbocycles. The maximum Gasteiger partial charge on any atom is 0.407 e. The van der Waals surface area contributed by atoms with Gasteiger partial charge in [0.15, 0.2) is 0 Å². The number of hydrogen-bond acceptors (Lipinski definition) is 5. The van der Waals surface area contributed by atoms with E-state index in [1.165, 1.54) is 0 Å². The lowest BCUT2D eigenvalue weighted by Gasteiger charge is -2.45. The van der Waals surface area contributed by atoms with E-state index in [0.717, 1.165) is 12.1 Å². The zero-order valence-electron chi connectivity index (χ0n) is 14.6. The molecular weight excluding hydrogens is 296 g/mol. The number of alkyl carbamates (subject to hydrolysis) is 1. The number of carbonyl (C=O) groups is 1. The molecular formula is C16H28N4O3. The van der Waals surface area contributed by atoms with E-state index in [1.54, 1.807) is 6.33 Å². The molecule has 23 heavy (non-hydrogen) atoms. The van der Waals surface area contributed by atoms with E-state index < -0.39 is 5.60 Å². The van der Waals surface area contributed by atoms with Crippen LogP contribution in [0.15, 0.2) is 12.5 Å². The molecule has 2 rings (SSSR count). The minimum Gasteiger partial charge on any atom is -0.444 e. The predicted molar refractivity (Wildman–Crippen MR) is 87.0 cm³/mol. The summed E-state index contributed by atoms with van der Waals surface area (Å²) in [4.78, 5) is 16.1. The Morgan fingerprint density at radius 2 is 2.22 bits per heavy atom. The zero-order chi connectivity index (χ0) is 17.0. The second-order valence-corrected chi connectivity index (χ2v) is 6.88. The van der Waals surface area contributed by atoms with Crippen molar-refractivity contribution in [1.82, 2.24) is 20.2 Å². The first-order valence-corrected chi connectivity index (χ1v) is 8.10. The highest BCUT2D eigenvalue weighted by molar-refractivity contribution is 5.68. The molecule has 7 nitrogen and oxygen atoms in total. The molecule has 3 unspecified atom stereocenters. The van der Waals surface area contributed by atoms with Crippen LogP contribution in [-0.4, -0.2) is 46.0 Å². The van der Waals surface area contributed by atoms with Crippen LogP contribution in [-0.2, 0) is 23.1 Å². The highest BCUT2D eigenvalue weighted by Crippen LogP contribution is 2.25. The number of hydrogen-bond donors (Lipinski definition) is 2. The van der Waals surface area contributed by atoms with E-state index in [4.69, 9.17) is 9.47 Å². The fourth-order valence-corrected chi connectivity index (χ4v) is 2.65. The van der Waals surface area contributed by atoms with Gasteiger partial charge in [-0.05, 0) is 34.1 Å². The third-order valence-electron chi connectivity index (χ3n) is 3.84. The largest absolute Gasteiger partial charge is 0.444 e. The molecule has 1 amide bonds. The van der Waals surface area contributed by atoms with Crippen LogP contribution in [0.3, 0.4) is 0 Å². The summed E-state index contributed by atoms with van der Waals surface area (Å²) < 4.78 is 13.0. The lowest BCUT2D eigenvalue weighted by atomic mass is 9.82. The average Bonchev–Trinajstić information content (AvgIpc) is 2.81. The molecule has 1 fully saturated rings. The molecule has 0 spiro atoms. The number of nitrogens with zero attached hydrogens (tertiary/aromatic N) is 2. The molecule has 2 N–H and O–H groups in total. The van der Waals surface area contributed by atoms with Crippen molar-refractivity contribution in [1.29, 1.82) is 0 Å². The molecule has 0 aliphatic heterocycles. The standard InChI is InChI=1S/C16H28N4O3/c1-6-22-13-7-12(19-15(21)23-16(2,3)4)14(13)18-9-11-8-17-10-20(11)5/h8,10,12-14,18H,6-7,9H2,1-5H3,(H,19,21). The number of carbonyl (C=O) groups excluding carboxylic acids is 1. The van der Waals surface area contributed by atoms with Gasteiger partial charge >= 0.3 is 6.09 Å². The minimum absolute atomic E-state index is 0.00891. The van der Waals surface area contributed by atoms with Crippen LogP contribution in [0.25, 0.3) is 0 Å². The lowest BCUT2D eigenvalue weighted by molar-refractivity contribution is -0.0439. The summed E-state index contributed by atoms with van der Waals surface area (Å²) in [5.74, 6) is 0.